The molecule has 1 aliphatic rings. The van der Waals surface area contributed by atoms with E-state index in [1.165, 1.54) is 13.0 Å². The van der Waals surface area contributed by atoms with Crippen molar-refractivity contribution in [2.45, 2.75) is 20.3 Å². The van der Waals surface area contributed by atoms with Gasteiger partial charge in [-0.2, -0.15) is 4.65 Å². The van der Waals surface area contributed by atoms with Crippen LogP contribution in [0.2, 0.25) is 0 Å². The third-order valence-corrected chi connectivity index (χ3v) is 2.23. The average molecular weight is 217 g/mol. The van der Waals surface area contributed by atoms with E-state index in [0.29, 0.717) is 0 Å². The van der Waals surface area contributed by atoms with Crippen LogP contribution in [0.25, 0.3) is 0 Å². The molecule has 0 bridgehead atoms. The molecule has 0 amide bonds. The fourth-order valence-electron chi connectivity index (χ4n) is 1.40. The standard InChI is InChI=1S/C7H16NO.BF4/c1-3-8(4-2)6-5-7-9-8;2-1(3,4)5/h3-7H2,1-2H3;/q+1;-1. The van der Waals surface area contributed by atoms with Gasteiger partial charge in [0.2, 0.25) is 0 Å². The molecule has 0 aromatic heterocycles. The lowest BCUT2D eigenvalue weighted by Gasteiger charge is -2.26. The zero-order valence-electron chi connectivity index (χ0n) is 8.48. The van der Waals surface area contributed by atoms with Gasteiger partial charge in [-0.1, -0.05) is 0 Å². The fourth-order valence-corrected chi connectivity index (χ4v) is 1.40. The highest BCUT2D eigenvalue weighted by atomic mass is 19.5. The van der Waals surface area contributed by atoms with Crippen molar-refractivity contribution in [3.8, 4) is 0 Å². The highest BCUT2D eigenvalue weighted by Gasteiger charge is 2.30. The van der Waals surface area contributed by atoms with E-state index in [0.717, 1.165) is 24.3 Å². The first-order valence-electron chi connectivity index (χ1n) is 4.71. The van der Waals surface area contributed by atoms with Crippen molar-refractivity contribution in [2.75, 3.05) is 26.2 Å². The van der Waals surface area contributed by atoms with E-state index in [9.17, 15) is 17.3 Å². The molecule has 0 radical (unpaired) electrons. The van der Waals surface area contributed by atoms with Crippen LogP contribution in [0.1, 0.15) is 20.3 Å². The SMILES string of the molecule is CC[N+]1(CC)CCCO1.F[B-](F)(F)F. The molecule has 0 aliphatic carbocycles. The van der Waals surface area contributed by atoms with Gasteiger partial charge in [-0.05, 0) is 13.8 Å². The van der Waals surface area contributed by atoms with Crippen LogP contribution in [0.15, 0.2) is 0 Å². The van der Waals surface area contributed by atoms with E-state index in [1.54, 1.807) is 0 Å². The van der Waals surface area contributed by atoms with Crippen molar-refractivity contribution in [1.29, 1.82) is 0 Å². The highest BCUT2D eigenvalue weighted by Crippen LogP contribution is 2.15. The van der Waals surface area contributed by atoms with Gasteiger partial charge in [0.05, 0.1) is 0 Å². The first-order valence-corrected chi connectivity index (χ1v) is 4.71. The Hall–Kier alpha value is -0.295. The zero-order chi connectivity index (χ0) is 11.2. The van der Waals surface area contributed by atoms with Gasteiger partial charge in [0.25, 0.3) is 0 Å². The van der Waals surface area contributed by atoms with Crippen LogP contribution >= 0.6 is 0 Å². The van der Waals surface area contributed by atoms with Crippen LogP contribution in [-0.4, -0.2) is 38.1 Å². The second-order valence-electron chi connectivity index (χ2n) is 3.10. The highest BCUT2D eigenvalue weighted by molar-refractivity contribution is 6.50. The number of nitrogens with zero attached hydrogens (tertiary/aromatic N) is 1. The molecule has 1 saturated heterocycles. The van der Waals surface area contributed by atoms with Crippen molar-refractivity contribution in [2.24, 2.45) is 0 Å². The Morgan fingerprint density at radius 1 is 1.14 bits per heavy atom. The number of quaternary nitrogens is 1. The molecule has 0 spiro atoms. The summed E-state index contributed by atoms with van der Waals surface area (Å²) in [5.41, 5.74) is 0. The van der Waals surface area contributed by atoms with Crippen LogP contribution in [0.4, 0.5) is 17.3 Å². The molecular weight excluding hydrogens is 201 g/mol. The molecule has 1 fully saturated rings. The molecular formula is C7H16BF4NO. The largest absolute Gasteiger partial charge is 0.673 e. The molecule has 0 unspecified atom stereocenters. The molecule has 1 heterocycles. The molecule has 0 N–H and O–H groups in total. The lowest BCUT2D eigenvalue weighted by Crippen LogP contribution is -2.43. The van der Waals surface area contributed by atoms with Gasteiger partial charge in [0, 0.05) is 6.42 Å². The van der Waals surface area contributed by atoms with Crippen molar-refractivity contribution in [3.05, 3.63) is 0 Å². The van der Waals surface area contributed by atoms with Crippen LogP contribution in [-0.2, 0) is 4.84 Å². The summed E-state index contributed by atoms with van der Waals surface area (Å²) in [7, 11) is -6.00. The first kappa shape index (κ1) is 13.7. The molecule has 0 saturated carbocycles. The zero-order valence-corrected chi connectivity index (χ0v) is 8.48. The summed E-state index contributed by atoms with van der Waals surface area (Å²) in [5.74, 6) is 0. The maximum atomic E-state index is 9.75. The normalized spacial score (nSPS) is 20.1. The monoisotopic (exact) mass is 217 g/mol. The van der Waals surface area contributed by atoms with Gasteiger partial charge in [-0.15, -0.1) is 0 Å². The smallest absolute Gasteiger partial charge is 0.418 e. The van der Waals surface area contributed by atoms with E-state index < -0.39 is 7.25 Å². The summed E-state index contributed by atoms with van der Waals surface area (Å²) in [6.07, 6.45) is 1.24. The van der Waals surface area contributed by atoms with E-state index >= 15 is 0 Å². The minimum atomic E-state index is -6.00. The molecule has 1 rings (SSSR count). The van der Waals surface area contributed by atoms with E-state index in [-0.39, 0.29) is 0 Å². The van der Waals surface area contributed by atoms with Gasteiger partial charge in [-0.3, -0.25) is 0 Å². The molecule has 1 aliphatic heterocycles. The average Bonchev–Trinajstić information content (AvgIpc) is 2.50. The summed E-state index contributed by atoms with van der Waals surface area (Å²) < 4.78 is 39.9. The predicted octanol–water partition coefficient (Wildman–Crippen LogP) is 2.48. The van der Waals surface area contributed by atoms with Crippen LogP contribution < -0.4 is 0 Å². The van der Waals surface area contributed by atoms with Crippen molar-refractivity contribution >= 4 is 7.25 Å². The molecule has 86 valence electrons. The second-order valence-corrected chi connectivity index (χ2v) is 3.10. The Morgan fingerprint density at radius 2 is 1.57 bits per heavy atom. The van der Waals surface area contributed by atoms with Gasteiger partial charge in [-0.25, -0.2) is 4.84 Å². The van der Waals surface area contributed by atoms with Gasteiger partial charge < -0.3 is 17.3 Å². The van der Waals surface area contributed by atoms with Crippen LogP contribution in [0.5, 0.6) is 0 Å². The van der Waals surface area contributed by atoms with Crippen molar-refractivity contribution < 1.29 is 26.7 Å². The molecule has 2 nitrogen and oxygen atoms in total. The number of rotatable bonds is 2. The van der Waals surface area contributed by atoms with E-state index in [4.69, 9.17) is 4.84 Å². The number of hydrogen-bond acceptors (Lipinski definition) is 1. The molecule has 14 heavy (non-hydrogen) atoms. The lowest BCUT2D eigenvalue weighted by molar-refractivity contribution is -1.09. The van der Waals surface area contributed by atoms with Gasteiger partial charge in [0.15, 0.2) is 0 Å². The maximum absolute atomic E-state index is 9.75. The number of hydroxylamine groups is 3. The molecule has 0 atom stereocenters. The third-order valence-electron chi connectivity index (χ3n) is 2.23. The number of halogens is 4. The van der Waals surface area contributed by atoms with Gasteiger partial charge >= 0.3 is 7.25 Å². The van der Waals surface area contributed by atoms with E-state index in [2.05, 4.69) is 13.8 Å². The Balaban J connectivity index is 0.000000292. The van der Waals surface area contributed by atoms with Crippen molar-refractivity contribution in [1.82, 2.24) is 0 Å². The summed E-state index contributed by atoms with van der Waals surface area (Å²) in [6.45, 7) is 8.80. The summed E-state index contributed by atoms with van der Waals surface area (Å²) in [6, 6.07) is 0. The minimum absolute atomic E-state index is 0.889. The van der Waals surface area contributed by atoms with E-state index in [1.807, 2.05) is 0 Å². The van der Waals surface area contributed by atoms with Crippen molar-refractivity contribution in [3.63, 3.8) is 0 Å². The topological polar surface area (TPSA) is 9.23 Å². The molecule has 0 aromatic carbocycles. The van der Waals surface area contributed by atoms with Crippen LogP contribution in [0.3, 0.4) is 0 Å². The maximum Gasteiger partial charge on any atom is 0.673 e. The quantitative estimate of drug-likeness (QED) is 0.392. The lowest BCUT2D eigenvalue weighted by atomic mass is 10.3. The predicted molar refractivity (Wildman–Crippen MR) is 47.0 cm³/mol. The van der Waals surface area contributed by atoms with Crippen LogP contribution in [0, 0.1) is 0 Å². The molecule has 0 aromatic rings. The first-order chi connectivity index (χ1) is 6.33. The Bertz CT molecular complexity index is 146. The summed E-state index contributed by atoms with van der Waals surface area (Å²) in [5, 5.41) is 0. The summed E-state index contributed by atoms with van der Waals surface area (Å²) in [4.78, 5) is 5.58. The fraction of sp³-hybridized carbons (Fsp3) is 1.00. The number of hydrogen-bond donors (Lipinski definition) is 0. The minimum Gasteiger partial charge on any atom is -0.418 e. The Kier molecular flexibility index (Phi) is 5.44. The summed E-state index contributed by atoms with van der Waals surface area (Å²) >= 11 is 0. The Labute approximate surface area is 81.5 Å². The third kappa shape index (κ3) is 6.20. The van der Waals surface area contributed by atoms with Gasteiger partial charge in [0.1, 0.15) is 26.2 Å². The second kappa shape index (κ2) is 5.55. The Morgan fingerprint density at radius 3 is 1.71 bits per heavy atom. The molecule has 7 heteroatoms.